The van der Waals surface area contributed by atoms with Gasteiger partial charge in [0.05, 0.1) is 22.0 Å². The molecule has 0 atom stereocenters. The highest BCUT2D eigenvalue weighted by atomic mass is 35.5. The average molecular weight is 385 g/mol. The SMILES string of the molecule is C/C(=N/Nc1ncc(C(F)(F)F)cc1Cl)c1ccc2c(c1)NC(=O)CO2. The van der Waals surface area contributed by atoms with E-state index in [1.54, 1.807) is 25.1 Å². The van der Waals surface area contributed by atoms with Crippen molar-refractivity contribution in [1.82, 2.24) is 4.98 Å². The van der Waals surface area contributed by atoms with Crippen LogP contribution in [0.1, 0.15) is 18.1 Å². The van der Waals surface area contributed by atoms with E-state index in [4.69, 9.17) is 16.3 Å². The van der Waals surface area contributed by atoms with Crippen LogP contribution in [0.5, 0.6) is 5.75 Å². The van der Waals surface area contributed by atoms with E-state index in [0.717, 1.165) is 6.07 Å². The van der Waals surface area contributed by atoms with Crippen LogP contribution in [0.25, 0.3) is 0 Å². The van der Waals surface area contributed by atoms with Gasteiger partial charge in [-0.2, -0.15) is 18.3 Å². The number of amides is 1. The number of hydrogen-bond donors (Lipinski definition) is 2. The van der Waals surface area contributed by atoms with Crippen LogP contribution in [0.15, 0.2) is 35.6 Å². The molecule has 1 aromatic heterocycles. The molecule has 1 aliphatic heterocycles. The van der Waals surface area contributed by atoms with E-state index >= 15 is 0 Å². The number of nitrogens with zero attached hydrogens (tertiary/aromatic N) is 2. The van der Waals surface area contributed by atoms with Crippen LogP contribution in [-0.2, 0) is 11.0 Å². The minimum Gasteiger partial charge on any atom is -0.482 e. The van der Waals surface area contributed by atoms with E-state index < -0.39 is 11.7 Å². The van der Waals surface area contributed by atoms with Gasteiger partial charge < -0.3 is 10.1 Å². The van der Waals surface area contributed by atoms with E-state index in [0.29, 0.717) is 28.9 Å². The van der Waals surface area contributed by atoms with Crippen LogP contribution in [0.4, 0.5) is 24.7 Å². The van der Waals surface area contributed by atoms with Gasteiger partial charge in [0.25, 0.3) is 5.91 Å². The third-order valence-electron chi connectivity index (χ3n) is 3.53. The van der Waals surface area contributed by atoms with Crippen molar-refractivity contribution in [3.63, 3.8) is 0 Å². The van der Waals surface area contributed by atoms with Gasteiger partial charge >= 0.3 is 6.18 Å². The third-order valence-corrected chi connectivity index (χ3v) is 3.82. The van der Waals surface area contributed by atoms with E-state index in [-0.39, 0.29) is 23.4 Å². The molecule has 1 aliphatic rings. The van der Waals surface area contributed by atoms with Crippen LogP contribution >= 0.6 is 11.6 Å². The van der Waals surface area contributed by atoms with E-state index in [9.17, 15) is 18.0 Å². The maximum absolute atomic E-state index is 12.6. The smallest absolute Gasteiger partial charge is 0.417 e. The predicted octanol–water partition coefficient (Wildman–Crippen LogP) is 3.92. The highest BCUT2D eigenvalue weighted by molar-refractivity contribution is 6.33. The van der Waals surface area contributed by atoms with Crippen LogP contribution < -0.4 is 15.5 Å². The number of pyridine rings is 1. The Kier molecular flexibility index (Phi) is 4.73. The summed E-state index contributed by atoms with van der Waals surface area (Å²) < 4.78 is 43.1. The minimum atomic E-state index is -4.52. The number of anilines is 2. The summed E-state index contributed by atoms with van der Waals surface area (Å²) in [5.41, 5.74) is 3.28. The second kappa shape index (κ2) is 6.83. The molecule has 0 unspecified atom stereocenters. The summed E-state index contributed by atoms with van der Waals surface area (Å²) in [7, 11) is 0. The Morgan fingerprint density at radius 2 is 2.15 bits per heavy atom. The summed E-state index contributed by atoms with van der Waals surface area (Å²) in [4.78, 5) is 15.0. The van der Waals surface area contributed by atoms with Crippen LogP contribution in [-0.4, -0.2) is 23.2 Å². The molecule has 1 amide bonds. The molecule has 0 saturated carbocycles. The molecule has 10 heteroatoms. The molecular weight excluding hydrogens is 373 g/mol. The fourth-order valence-corrected chi connectivity index (χ4v) is 2.39. The number of aromatic nitrogens is 1. The number of benzene rings is 1. The van der Waals surface area contributed by atoms with Crippen LogP contribution in [0.3, 0.4) is 0 Å². The number of nitrogens with one attached hydrogen (secondary N) is 2. The Balaban J connectivity index is 1.79. The van der Waals surface area contributed by atoms with Gasteiger partial charge in [-0.15, -0.1) is 0 Å². The molecule has 0 bridgehead atoms. The van der Waals surface area contributed by atoms with Gasteiger partial charge in [0.1, 0.15) is 5.75 Å². The predicted molar refractivity (Wildman–Crippen MR) is 90.6 cm³/mol. The lowest BCUT2D eigenvalue weighted by Crippen LogP contribution is -2.25. The topological polar surface area (TPSA) is 75.6 Å². The first kappa shape index (κ1) is 18.0. The molecule has 1 aromatic carbocycles. The van der Waals surface area contributed by atoms with Crippen LogP contribution in [0, 0.1) is 0 Å². The minimum absolute atomic E-state index is 0.00591. The molecule has 6 nitrogen and oxygen atoms in total. The Morgan fingerprint density at radius 1 is 1.38 bits per heavy atom. The molecule has 2 aromatic rings. The first-order valence-electron chi connectivity index (χ1n) is 7.34. The number of rotatable bonds is 3. The highest BCUT2D eigenvalue weighted by Crippen LogP contribution is 2.32. The summed E-state index contributed by atoms with van der Waals surface area (Å²) in [6.45, 7) is 1.64. The van der Waals surface area contributed by atoms with Gasteiger partial charge in [-0.1, -0.05) is 11.6 Å². The maximum atomic E-state index is 12.6. The largest absolute Gasteiger partial charge is 0.482 e. The van der Waals surface area contributed by atoms with E-state index in [1.807, 2.05) is 0 Å². The zero-order chi connectivity index (χ0) is 18.9. The van der Waals surface area contributed by atoms with Crippen molar-refractivity contribution in [3.05, 3.63) is 46.6 Å². The average Bonchev–Trinajstić information content (AvgIpc) is 2.58. The van der Waals surface area contributed by atoms with Crippen molar-refractivity contribution in [1.29, 1.82) is 0 Å². The molecule has 0 saturated heterocycles. The molecule has 0 aliphatic carbocycles. The Hall–Kier alpha value is -2.81. The van der Waals surface area contributed by atoms with Gasteiger partial charge in [-0.25, -0.2) is 4.98 Å². The summed E-state index contributed by atoms with van der Waals surface area (Å²) in [5, 5.41) is 6.54. The number of carbonyl (C=O) groups is 1. The zero-order valence-corrected chi connectivity index (χ0v) is 14.1. The van der Waals surface area contributed by atoms with Gasteiger partial charge in [0, 0.05) is 6.20 Å². The lowest BCUT2D eigenvalue weighted by molar-refractivity contribution is -0.137. The normalized spacial score (nSPS) is 14.3. The summed E-state index contributed by atoms with van der Waals surface area (Å²) in [5.74, 6) is 0.276. The first-order chi connectivity index (χ1) is 12.2. The van der Waals surface area contributed by atoms with Gasteiger partial charge in [-0.05, 0) is 36.8 Å². The number of halogens is 4. The van der Waals surface area contributed by atoms with Crippen LogP contribution in [0.2, 0.25) is 5.02 Å². The molecular formula is C16H12ClF3N4O2. The molecule has 0 fully saturated rings. The maximum Gasteiger partial charge on any atom is 0.417 e. The van der Waals surface area contributed by atoms with Crippen molar-refractivity contribution in [3.8, 4) is 5.75 Å². The number of carbonyl (C=O) groups excluding carboxylic acids is 1. The Labute approximate surface area is 151 Å². The summed E-state index contributed by atoms with van der Waals surface area (Å²) in [6, 6.07) is 5.87. The molecule has 3 rings (SSSR count). The summed E-state index contributed by atoms with van der Waals surface area (Å²) >= 11 is 5.82. The molecule has 26 heavy (non-hydrogen) atoms. The number of fused-ring (bicyclic) bond motifs is 1. The molecule has 0 spiro atoms. The Bertz CT molecular complexity index is 900. The van der Waals surface area contributed by atoms with Crippen molar-refractivity contribution in [2.75, 3.05) is 17.3 Å². The van der Waals surface area contributed by atoms with Crippen molar-refractivity contribution < 1.29 is 22.7 Å². The van der Waals surface area contributed by atoms with Crippen molar-refractivity contribution >= 4 is 34.7 Å². The van der Waals surface area contributed by atoms with E-state index in [2.05, 4.69) is 20.8 Å². The zero-order valence-electron chi connectivity index (χ0n) is 13.3. The summed E-state index contributed by atoms with van der Waals surface area (Å²) in [6.07, 6.45) is -3.85. The number of alkyl halides is 3. The number of hydrazone groups is 1. The lowest BCUT2D eigenvalue weighted by Gasteiger charge is -2.18. The first-order valence-corrected chi connectivity index (χ1v) is 7.72. The molecule has 2 N–H and O–H groups in total. The van der Waals surface area contributed by atoms with E-state index in [1.165, 1.54) is 0 Å². The molecule has 136 valence electrons. The van der Waals surface area contributed by atoms with Crippen molar-refractivity contribution in [2.24, 2.45) is 5.10 Å². The Morgan fingerprint density at radius 3 is 2.85 bits per heavy atom. The quantitative estimate of drug-likeness (QED) is 0.621. The number of ether oxygens (including phenoxy) is 1. The van der Waals surface area contributed by atoms with Gasteiger partial charge in [0.2, 0.25) is 0 Å². The molecule has 2 heterocycles. The second-order valence-corrected chi connectivity index (χ2v) is 5.82. The lowest BCUT2D eigenvalue weighted by atomic mass is 10.1. The third kappa shape index (κ3) is 3.88. The second-order valence-electron chi connectivity index (χ2n) is 5.41. The van der Waals surface area contributed by atoms with Gasteiger partial charge in [0.15, 0.2) is 12.4 Å². The number of hydrogen-bond acceptors (Lipinski definition) is 5. The van der Waals surface area contributed by atoms with Crippen molar-refractivity contribution in [2.45, 2.75) is 13.1 Å². The fraction of sp³-hybridized carbons (Fsp3) is 0.188. The standard InChI is InChI=1S/C16H12ClF3N4O2/c1-8(9-2-3-13-12(4-9)22-14(25)7-26-13)23-24-15-11(17)5-10(6-21-15)16(18,19)20/h2-6H,7H2,1H3,(H,21,24)(H,22,25)/b23-8-. The van der Waals surface area contributed by atoms with Gasteiger partial charge in [-0.3, -0.25) is 10.2 Å². The fourth-order valence-electron chi connectivity index (χ4n) is 2.18. The highest BCUT2D eigenvalue weighted by Gasteiger charge is 2.31. The molecule has 0 radical (unpaired) electrons. The monoisotopic (exact) mass is 384 g/mol.